The number of aromatic nitrogens is 3. The summed E-state index contributed by atoms with van der Waals surface area (Å²) < 4.78 is 7.92. The number of nitrogens with one attached hydrogen (secondary N) is 1. The molecule has 2 aromatic heterocycles. The maximum absolute atomic E-state index is 12.6. The van der Waals surface area contributed by atoms with E-state index in [2.05, 4.69) is 10.3 Å². The van der Waals surface area contributed by atoms with E-state index in [-0.39, 0.29) is 33.0 Å². The average Bonchev–Trinajstić information content (AvgIpc) is 3.29. The number of nitrogens with two attached hydrogens (primary N) is 1. The molecule has 1 atom stereocenters. The van der Waals surface area contributed by atoms with Crippen molar-refractivity contribution in [1.82, 2.24) is 20.1 Å². The van der Waals surface area contributed by atoms with Crippen LogP contribution < -0.4 is 15.8 Å². The normalized spacial score (nSPS) is 11.4. The highest BCUT2D eigenvalue weighted by atomic mass is 35.5. The van der Waals surface area contributed by atoms with Crippen molar-refractivity contribution >= 4 is 23.4 Å². The first-order valence-corrected chi connectivity index (χ1v) is 13.4. The van der Waals surface area contributed by atoms with Crippen molar-refractivity contribution in [3.63, 3.8) is 0 Å². The number of carbonyl (C=O) groups is 2. The number of hydrogen-bond acceptors (Lipinski definition) is 6. The molecule has 41 heavy (non-hydrogen) atoms. The van der Waals surface area contributed by atoms with Crippen LogP contribution in [0.5, 0.6) is 5.88 Å². The number of primary amides is 1. The Morgan fingerprint density at radius 3 is 2.59 bits per heavy atom. The minimum absolute atomic E-state index is 0. The van der Waals surface area contributed by atoms with Gasteiger partial charge in [-0.25, -0.2) is 0 Å². The number of halogens is 1. The van der Waals surface area contributed by atoms with Crippen LogP contribution in [0, 0.1) is 6.92 Å². The van der Waals surface area contributed by atoms with Crippen molar-refractivity contribution in [2.75, 3.05) is 13.2 Å². The van der Waals surface area contributed by atoms with Crippen molar-refractivity contribution in [1.29, 1.82) is 0 Å². The topological polar surface area (TPSA) is 132 Å². The van der Waals surface area contributed by atoms with Gasteiger partial charge in [-0.1, -0.05) is 49.4 Å². The molecule has 0 bridgehead atoms. The van der Waals surface area contributed by atoms with Crippen LogP contribution in [0.15, 0.2) is 73.1 Å². The lowest BCUT2D eigenvalue weighted by Gasteiger charge is -2.16. The zero-order chi connectivity index (χ0) is 28.5. The number of nitrogens with zero attached hydrogens (tertiary/aromatic N) is 3. The summed E-state index contributed by atoms with van der Waals surface area (Å²) in [5.41, 5.74) is 10.3. The van der Waals surface area contributed by atoms with Crippen molar-refractivity contribution in [2.45, 2.75) is 46.1 Å². The third-order valence-electron chi connectivity index (χ3n) is 6.37. The second-order valence-corrected chi connectivity index (χ2v) is 9.79. The van der Waals surface area contributed by atoms with Gasteiger partial charge in [0.15, 0.2) is 0 Å². The fourth-order valence-electron chi connectivity index (χ4n) is 4.42. The highest BCUT2D eigenvalue weighted by Crippen LogP contribution is 2.34. The minimum atomic E-state index is -0.802. The lowest BCUT2D eigenvalue weighted by molar-refractivity contribution is -0.127. The van der Waals surface area contributed by atoms with Gasteiger partial charge >= 0.3 is 0 Å². The lowest BCUT2D eigenvalue weighted by Crippen LogP contribution is -2.45. The van der Waals surface area contributed by atoms with Gasteiger partial charge in [-0.05, 0) is 54.8 Å². The number of carbonyl (C=O) groups excluding carboxylic acids is 2. The summed E-state index contributed by atoms with van der Waals surface area (Å²) in [5, 5.41) is 18.0. The molecule has 216 valence electrons. The van der Waals surface area contributed by atoms with E-state index >= 15 is 0 Å². The molecule has 10 heteroatoms. The van der Waals surface area contributed by atoms with E-state index in [9.17, 15) is 14.7 Å². The first kappa shape index (κ1) is 31.3. The van der Waals surface area contributed by atoms with E-state index in [0.717, 1.165) is 27.9 Å². The quantitative estimate of drug-likeness (QED) is 0.201. The Kier molecular flexibility index (Phi) is 11.4. The molecule has 0 spiro atoms. The Morgan fingerprint density at radius 2 is 1.93 bits per heavy atom. The number of ether oxygens (including phenoxy) is 1. The number of aryl methyl sites for hydroxylation is 1. The molecule has 0 aliphatic carbocycles. The van der Waals surface area contributed by atoms with Gasteiger partial charge in [0.25, 0.3) is 0 Å². The molecular formula is C31H36ClN5O4. The van der Waals surface area contributed by atoms with Gasteiger partial charge in [-0.3, -0.25) is 14.6 Å². The Balaban J connectivity index is 0.00000462. The molecule has 0 fully saturated rings. The first-order valence-electron chi connectivity index (χ1n) is 13.0. The number of aliphatic hydroxyl groups is 1. The average molecular weight is 578 g/mol. The van der Waals surface area contributed by atoms with Gasteiger partial charge in [0.1, 0.15) is 11.7 Å². The van der Waals surface area contributed by atoms with Crippen LogP contribution in [0.3, 0.4) is 0 Å². The maximum Gasteiger partial charge on any atom is 0.240 e. The van der Waals surface area contributed by atoms with E-state index < -0.39 is 11.9 Å². The zero-order valence-corrected chi connectivity index (χ0v) is 23.0. The summed E-state index contributed by atoms with van der Waals surface area (Å²) in [6.45, 7) is 2.03. The monoisotopic (exact) mass is 577 g/mol. The number of pyridine rings is 1. The van der Waals surface area contributed by atoms with Crippen LogP contribution in [-0.4, -0.2) is 50.9 Å². The molecule has 9 nitrogen and oxygen atoms in total. The summed E-state index contributed by atoms with van der Waals surface area (Å²) in [5.74, 6) is -0.415. The molecule has 4 rings (SSSR count). The summed E-state index contributed by atoms with van der Waals surface area (Å²) in [4.78, 5) is 28.8. The number of hydrogen-bond donors (Lipinski definition) is 3. The molecule has 2 amide bonds. The van der Waals surface area contributed by atoms with Crippen LogP contribution in [0.25, 0.3) is 16.9 Å². The van der Waals surface area contributed by atoms with E-state index in [4.69, 9.17) is 27.2 Å². The molecule has 0 unspecified atom stereocenters. The molecule has 2 heterocycles. The highest BCUT2D eigenvalue weighted by molar-refractivity contribution is 6.30. The van der Waals surface area contributed by atoms with Gasteiger partial charge in [0.05, 0.1) is 12.3 Å². The van der Waals surface area contributed by atoms with Gasteiger partial charge in [-0.15, -0.1) is 0 Å². The molecule has 2 aromatic carbocycles. The summed E-state index contributed by atoms with van der Waals surface area (Å²) in [6, 6.07) is 17.8. The fourth-order valence-corrected chi connectivity index (χ4v) is 4.64. The Bertz CT molecular complexity index is 1440. The number of benzene rings is 2. The number of amides is 2. The fraction of sp³-hybridized carbons (Fsp3) is 0.290. The molecule has 4 aromatic rings. The number of aliphatic hydroxyl groups excluding tert-OH is 1. The van der Waals surface area contributed by atoms with Gasteiger partial charge in [0, 0.05) is 54.4 Å². The molecular weight excluding hydrogens is 542 g/mol. The Hall–Kier alpha value is -4.21. The molecule has 0 radical (unpaired) electrons. The van der Waals surface area contributed by atoms with Crippen LogP contribution in [0.1, 0.15) is 37.0 Å². The lowest BCUT2D eigenvalue weighted by atomic mass is 10.1. The van der Waals surface area contributed by atoms with Crippen molar-refractivity contribution in [2.24, 2.45) is 5.73 Å². The minimum Gasteiger partial charge on any atom is -0.477 e. The number of rotatable bonds is 13. The van der Waals surface area contributed by atoms with Crippen molar-refractivity contribution in [3.8, 4) is 22.8 Å². The Labute approximate surface area is 245 Å². The van der Waals surface area contributed by atoms with E-state index in [0.29, 0.717) is 35.9 Å². The maximum atomic E-state index is 12.6. The van der Waals surface area contributed by atoms with Crippen LogP contribution in [0.2, 0.25) is 5.02 Å². The van der Waals surface area contributed by atoms with E-state index in [1.165, 1.54) is 0 Å². The third kappa shape index (κ3) is 8.15. The van der Waals surface area contributed by atoms with Gasteiger partial charge < -0.3 is 20.9 Å². The predicted molar refractivity (Wildman–Crippen MR) is 160 cm³/mol. The summed E-state index contributed by atoms with van der Waals surface area (Å²) in [7, 11) is 0. The second kappa shape index (κ2) is 15.0. The highest BCUT2D eigenvalue weighted by Gasteiger charge is 2.23. The summed E-state index contributed by atoms with van der Waals surface area (Å²) >= 11 is 6.19. The molecule has 0 aliphatic heterocycles. The third-order valence-corrected chi connectivity index (χ3v) is 6.60. The molecule has 0 saturated heterocycles. The van der Waals surface area contributed by atoms with Crippen LogP contribution >= 0.6 is 11.6 Å². The largest absolute Gasteiger partial charge is 0.477 e. The molecule has 0 aliphatic rings. The first-order chi connectivity index (χ1) is 19.4. The van der Waals surface area contributed by atoms with Crippen LogP contribution in [0.4, 0.5) is 0 Å². The second-order valence-electron chi connectivity index (χ2n) is 9.35. The zero-order valence-electron chi connectivity index (χ0n) is 22.2. The van der Waals surface area contributed by atoms with E-state index in [1.54, 1.807) is 23.1 Å². The van der Waals surface area contributed by atoms with Crippen LogP contribution in [-0.2, 0) is 22.4 Å². The summed E-state index contributed by atoms with van der Waals surface area (Å²) in [6.07, 6.45) is 4.54. The van der Waals surface area contributed by atoms with Gasteiger partial charge in [-0.2, -0.15) is 9.78 Å². The standard InChI is InChI=1S/C30H32ClN5O4.CH4/c1-20-17-23(31)11-12-26(20)36-30(24(13-15-37)28(35-36)22-9-5-14-33-19-22)40-16-6-10-27(38)34-25(29(32)39)18-21-7-3-2-4-8-21;/h2-5,7-9,11-12,14,17,19,25,37H,6,10,13,15-16,18H2,1H3,(H2,32,39)(H,34,38);1H4/t25-;/m0./s1. The van der Waals surface area contributed by atoms with Gasteiger partial charge in [0.2, 0.25) is 17.7 Å². The molecule has 0 saturated carbocycles. The smallest absolute Gasteiger partial charge is 0.240 e. The van der Waals surface area contributed by atoms with Crippen molar-refractivity contribution in [3.05, 3.63) is 94.8 Å². The predicted octanol–water partition coefficient (Wildman–Crippen LogP) is 4.44. The molecule has 4 N–H and O–H groups in total. The van der Waals surface area contributed by atoms with E-state index in [1.807, 2.05) is 61.5 Å². The van der Waals surface area contributed by atoms with Crippen molar-refractivity contribution < 1.29 is 19.4 Å². The SMILES string of the molecule is C.Cc1cc(Cl)ccc1-n1nc(-c2cccnc2)c(CCO)c1OCCCC(=O)N[C@@H](Cc1ccccc1)C(N)=O. The Morgan fingerprint density at radius 1 is 1.15 bits per heavy atom.